The maximum atomic E-state index is 13.0. The molecule has 1 aliphatic heterocycles. The minimum Gasteiger partial charge on any atom is -0.324 e. The Kier molecular flexibility index (Phi) is 6.12. The Balaban J connectivity index is 1.56. The third kappa shape index (κ3) is 4.73. The van der Waals surface area contributed by atoms with Crippen LogP contribution in [0, 0.1) is 5.92 Å². The standard InChI is InChI=1S/C23H23N3O4S2/c1-14-7-10-17(11-8-14)26-32(29,30)21-6-4-3-5-18(21)24-23(28)16-9-12-20-19(13-16)25-22(27)15(2)31-20/h3-7,9-15,26H,8H2,1-2H3,(H,24,28)(H,25,27). The summed E-state index contributed by atoms with van der Waals surface area (Å²) < 4.78 is 28.6. The van der Waals surface area contributed by atoms with Crippen LogP contribution in [0.4, 0.5) is 11.4 Å². The fourth-order valence-corrected chi connectivity index (χ4v) is 5.53. The third-order valence-corrected chi connectivity index (χ3v) is 7.78. The zero-order valence-electron chi connectivity index (χ0n) is 17.6. The van der Waals surface area contributed by atoms with Gasteiger partial charge in [0.25, 0.3) is 15.9 Å². The number of rotatable bonds is 5. The summed E-state index contributed by atoms with van der Waals surface area (Å²) in [6.45, 7) is 3.86. The third-order valence-electron chi connectivity index (χ3n) is 5.16. The van der Waals surface area contributed by atoms with E-state index in [1.807, 2.05) is 19.1 Å². The molecule has 0 saturated carbocycles. The molecular formula is C23H23N3O4S2. The predicted molar refractivity (Wildman–Crippen MR) is 126 cm³/mol. The van der Waals surface area contributed by atoms with Gasteiger partial charge in [0.1, 0.15) is 4.90 Å². The number of carbonyl (C=O) groups excluding carboxylic acids is 2. The van der Waals surface area contributed by atoms with Crippen molar-refractivity contribution in [2.75, 3.05) is 10.6 Å². The lowest BCUT2D eigenvalue weighted by atomic mass is 10.0. The minimum atomic E-state index is -3.91. The van der Waals surface area contributed by atoms with Gasteiger partial charge in [-0.05, 0) is 55.7 Å². The smallest absolute Gasteiger partial charge is 0.263 e. The number of fused-ring (bicyclic) bond motifs is 1. The van der Waals surface area contributed by atoms with Crippen LogP contribution in [0.5, 0.6) is 0 Å². The number of anilines is 2. The van der Waals surface area contributed by atoms with Crippen molar-refractivity contribution >= 4 is 45.0 Å². The van der Waals surface area contributed by atoms with Crippen LogP contribution in [0.3, 0.4) is 0 Å². The monoisotopic (exact) mass is 469 g/mol. The van der Waals surface area contributed by atoms with E-state index in [-0.39, 0.29) is 21.7 Å². The van der Waals surface area contributed by atoms with Crippen molar-refractivity contribution in [2.45, 2.75) is 35.3 Å². The molecule has 1 heterocycles. The Labute approximate surface area is 191 Å². The van der Waals surface area contributed by atoms with Gasteiger partial charge in [0.2, 0.25) is 5.91 Å². The molecule has 0 aromatic heterocycles. The molecule has 1 aliphatic carbocycles. The van der Waals surface area contributed by atoms with Crippen molar-refractivity contribution in [1.82, 2.24) is 4.72 Å². The summed E-state index contributed by atoms with van der Waals surface area (Å²) in [7, 11) is -3.91. The number of allylic oxidation sites excluding steroid dienone is 3. The molecule has 2 aromatic carbocycles. The number of sulfonamides is 1. The average molecular weight is 470 g/mol. The van der Waals surface area contributed by atoms with E-state index in [9.17, 15) is 18.0 Å². The van der Waals surface area contributed by atoms with E-state index < -0.39 is 15.9 Å². The van der Waals surface area contributed by atoms with Crippen LogP contribution in [0.25, 0.3) is 0 Å². The molecule has 3 N–H and O–H groups in total. The van der Waals surface area contributed by atoms with Crippen molar-refractivity contribution in [3.05, 3.63) is 72.0 Å². The number of carbonyl (C=O) groups is 2. The molecule has 2 aliphatic rings. The Morgan fingerprint density at radius 3 is 2.69 bits per heavy atom. The predicted octanol–water partition coefficient (Wildman–Crippen LogP) is 4.13. The second-order valence-corrected chi connectivity index (χ2v) is 10.8. The van der Waals surface area contributed by atoms with Crippen molar-refractivity contribution in [1.29, 1.82) is 0 Å². The highest BCUT2D eigenvalue weighted by Gasteiger charge is 2.25. The molecule has 0 fully saturated rings. The first-order valence-corrected chi connectivity index (χ1v) is 12.5. The molecule has 4 rings (SSSR count). The number of hydrogen-bond acceptors (Lipinski definition) is 5. The molecule has 2 aromatic rings. The molecule has 2 atom stereocenters. The molecule has 0 saturated heterocycles. The molecule has 166 valence electrons. The summed E-state index contributed by atoms with van der Waals surface area (Å²) in [4.78, 5) is 25.7. The van der Waals surface area contributed by atoms with Crippen molar-refractivity contribution < 1.29 is 18.0 Å². The van der Waals surface area contributed by atoms with Gasteiger partial charge in [0, 0.05) is 16.2 Å². The first kappa shape index (κ1) is 22.2. The summed E-state index contributed by atoms with van der Waals surface area (Å²) in [5.41, 5.74) is 1.55. The molecule has 2 amide bonds. The SMILES string of the molecule is CC1C=CC(NS(=O)(=O)c2ccccc2NC(=O)c2ccc3c(c2)NC(=O)C(C)S3)=CC1. The van der Waals surface area contributed by atoms with E-state index >= 15 is 0 Å². The largest absolute Gasteiger partial charge is 0.324 e. The Bertz CT molecular complexity index is 1250. The summed E-state index contributed by atoms with van der Waals surface area (Å²) in [6.07, 6.45) is 6.27. The fraction of sp³-hybridized carbons (Fsp3) is 0.217. The van der Waals surface area contributed by atoms with Gasteiger partial charge >= 0.3 is 0 Å². The quantitative estimate of drug-likeness (QED) is 0.611. The molecular weight excluding hydrogens is 446 g/mol. The summed E-state index contributed by atoms with van der Waals surface area (Å²) >= 11 is 1.42. The molecule has 0 radical (unpaired) electrons. The topological polar surface area (TPSA) is 104 Å². The number of thioether (sulfide) groups is 1. The zero-order valence-corrected chi connectivity index (χ0v) is 19.2. The molecule has 0 spiro atoms. The van der Waals surface area contributed by atoms with E-state index in [2.05, 4.69) is 22.3 Å². The van der Waals surface area contributed by atoms with Gasteiger partial charge in [-0.3, -0.25) is 14.3 Å². The van der Waals surface area contributed by atoms with E-state index in [1.165, 1.54) is 23.9 Å². The lowest BCUT2D eigenvalue weighted by Crippen LogP contribution is -2.27. The highest BCUT2D eigenvalue weighted by atomic mass is 32.2. The van der Waals surface area contributed by atoms with Gasteiger partial charge in [-0.15, -0.1) is 11.8 Å². The van der Waals surface area contributed by atoms with Gasteiger partial charge in [0.15, 0.2) is 0 Å². The van der Waals surface area contributed by atoms with Crippen LogP contribution in [0.2, 0.25) is 0 Å². The Morgan fingerprint density at radius 1 is 1.16 bits per heavy atom. The Hall–Kier alpha value is -3.04. The van der Waals surface area contributed by atoms with Crippen LogP contribution < -0.4 is 15.4 Å². The molecule has 0 bridgehead atoms. The minimum absolute atomic E-state index is 0.0306. The number of para-hydroxylation sites is 1. The zero-order chi connectivity index (χ0) is 22.9. The van der Waals surface area contributed by atoms with Crippen molar-refractivity contribution in [3.63, 3.8) is 0 Å². The van der Waals surface area contributed by atoms with Crippen LogP contribution in [-0.2, 0) is 14.8 Å². The maximum absolute atomic E-state index is 13.0. The molecule has 9 heteroatoms. The molecule has 7 nitrogen and oxygen atoms in total. The van der Waals surface area contributed by atoms with Crippen molar-refractivity contribution in [2.24, 2.45) is 5.92 Å². The van der Waals surface area contributed by atoms with Gasteiger partial charge in [0.05, 0.1) is 16.6 Å². The first-order valence-electron chi connectivity index (χ1n) is 10.2. The number of amides is 2. The molecule has 32 heavy (non-hydrogen) atoms. The second-order valence-electron chi connectivity index (χ2n) is 7.75. The second kappa shape index (κ2) is 8.84. The van der Waals surface area contributed by atoms with E-state index in [1.54, 1.807) is 36.4 Å². The van der Waals surface area contributed by atoms with Gasteiger partial charge < -0.3 is 10.6 Å². The number of nitrogens with one attached hydrogen (secondary N) is 3. The van der Waals surface area contributed by atoms with E-state index in [0.29, 0.717) is 22.9 Å². The average Bonchev–Trinajstić information content (AvgIpc) is 2.76. The van der Waals surface area contributed by atoms with Crippen LogP contribution in [0.1, 0.15) is 30.6 Å². The van der Waals surface area contributed by atoms with Crippen LogP contribution >= 0.6 is 11.8 Å². The van der Waals surface area contributed by atoms with Crippen LogP contribution in [-0.4, -0.2) is 25.5 Å². The van der Waals surface area contributed by atoms with E-state index in [0.717, 1.165) is 11.3 Å². The number of hydrogen-bond donors (Lipinski definition) is 3. The van der Waals surface area contributed by atoms with Crippen molar-refractivity contribution in [3.8, 4) is 0 Å². The maximum Gasteiger partial charge on any atom is 0.263 e. The van der Waals surface area contributed by atoms with Gasteiger partial charge in [-0.2, -0.15) is 0 Å². The lowest BCUT2D eigenvalue weighted by Gasteiger charge is -2.21. The number of benzene rings is 2. The first-order chi connectivity index (χ1) is 15.2. The fourth-order valence-electron chi connectivity index (χ4n) is 3.36. The summed E-state index contributed by atoms with van der Waals surface area (Å²) in [5, 5.41) is 5.28. The Morgan fingerprint density at radius 2 is 1.94 bits per heavy atom. The van der Waals surface area contributed by atoms with Crippen LogP contribution in [0.15, 0.2) is 76.2 Å². The highest BCUT2D eigenvalue weighted by Crippen LogP contribution is 2.36. The van der Waals surface area contributed by atoms with Gasteiger partial charge in [-0.25, -0.2) is 8.42 Å². The van der Waals surface area contributed by atoms with Gasteiger partial charge in [-0.1, -0.05) is 31.2 Å². The highest BCUT2D eigenvalue weighted by molar-refractivity contribution is 8.01. The molecule has 2 unspecified atom stereocenters. The summed E-state index contributed by atoms with van der Waals surface area (Å²) in [5.74, 6) is -0.236. The lowest BCUT2D eigenvalue weighted by molar-refractivity contribution is -0.115. The normalized spacial score (nSPS) is 20.1. The van der Waals surface area contributed by atoms with E-state index in [4.69, 9.17) is 0 Å². The summed E-state index contributed by atoms with van der Waals surface area (Å²) in [6, 6.07) is 11.3.